The number of nitrogens with zero attached hydrogens (tertiary/aromatic N) is 1. The molecule has 1 aliphatic rings. The Bertz CT molecular complexity index is 725. The van der Waals surface area contributed by atoms with Gasteiger partial charge in [-0.15, -0.1) is 0 Å². The summed E-state index contributed by atoms with van der Waals surface area (Å²) in [5.74, 6) is 0.808. The van der Waals surface area contributed by atoms with Crippen LogP contribution in [0.2, 0.25) is 5.82 Å². The lowest BCUT2D eigenvalue weighted by Crippen LogP contribution is -2.33. The number of hydrogen-bond donors (Lipinski definition) is 3. The van der Waals surface area contributed by atoms with Gasteiger partial charge in [0.1, 0.15) is 11.6 Å². The SMILES string of the molecule is Cc1cc(N)nc(B[C@@H]2CNC[C@@H]2OCCNCCc2cccc(F)c2)c1. The van der Waals surface area contributed by atoms with E-state index in [9.17, 15) is 4.39 Å². The van der Waals surface area contributed by atoms with E-state index in [2.05, 4.69) is 21.7 Å². The van der Waals surface area contributed by atoms with Crippen LogP contribution in [-0.4, -0.2) is 51.2 Å². The van der Waals surface area contributed by atoms with E-state index in [0.717, 1.165) is 56.6 Å². The summed E-state index contributed by atoms with van der Waals surface area (Å²) in [5, 5.41) is 6.77. The Labute approximate surface area is 161 Å². The second-order valence-electron chi connectivity index (χ2n) is 7.22. The number of aryl methyl sites for hydroxylation is 1. The molecular weight excluding hydrogens is 342 g/mol. The predicted octanol–water partition coefficient (Wildman–Crippen LogP) is 0.782. The Morgan fingerprint density at radius 3 is 3.00 bits per heavy atom. The van der Waals surface area contributed by atoms with Crippen molar-refractivity contribution in [3.8, 4) is 0 Å². The molecule has 7 heteroatoms. The molecule has 2 atom stereocenters. The molecule has 4 N–H and O–H groups in total. The molecule has 1 aromatic carbocycles. The van der Waals surface area contributed by atoms with Gasteiger partial charge >= 0.3 is 0 Å². The quantitative estimate of drug-likeness (QED) is 0.450. The van der Waals surface area contributed by atoms with Crippen molar-refractivity contribution in [1.29, 1.82) is 0 Å². The fraction of sp³-hybridized carbons (Fsp3) is 0.450. The van der Waals surface area contributed by atoms with Gasteiger partial charge in [0.2, 0.25) is 0 Å². The third kappa shape index (κ3) is 6.31. The molecule has 5 nitrogen and oxygen atoms in total. The summed E-state index contributed by atoms with van der Waals surface area (Å²) in [6.45, 7) is 6.11. The van der Waals surface area contributed by atoms with Gasteiger partial charge < -0.3 is 21.1 Å². The largest absolute Gasteiger partial charge is 0.384 e. The third-order valence-electron chi connectivity index (χ3n) is 4.88. The van der Waals surface area contributed by atoms with Crippen LogP contribution < -0.4 is 22.0 Å². The van der Waals surface area contributed by atoms with Crippen molar-refractivity contribution in [1.82, 2.24) is 15.6 Å². The Morgan fingerprint density at radius 1 is 1.30 bits per heavy atom. The van der Waals surface area contributed by atoms with Gasteiger partial charge in [0.15, 0.2) is 7.28 Å². The van der Waals surface area contributed by atoms with Crippen LogP contribution in [-0.2, 0) is 11.2 Å². The van der Waals surface area contributed by atoms with Crippen molar-refractivity contribution >= 4 is 18.7 Å². The summed E-state index contributed by atoms with van der Waals surface area (Å²) < 4.78 is 19.2. The van der Waals surface area contributed by atoms with Gasteiger partial charge in [0, 0.05) is 18.7 Å². The Hall–Kier alpha value is -1.96. The first-order valence-corrected chi connectivity index (χ1v) is 9.60. The highest BCUT2D eigenvalue weighted by molar-refractivity contribution is 6.54. The van der Waals surface area contributed by atoms with Crippen LogP contribution in [0.15, 0.2) is 36.4 Å². The highest BCUT2D eigenvalue weighted by Crippen LogP contribution is 2.17. The minimum atomic E-state index is -0.180. The number of aromatic nitrogens is 1. The smallest absolute Gasteiger partial charge is 0.189 e. The summed E-state index contributed by atoms with van der Waals surface area (Å²) in [4.78, 5) is 4.44. The molecule has 0 spiro atoms. The van der Waals surface area contributed by atoms with Gasteiger partial charge in [-0.1, -0.05) is 12.1 Å². The number of nitrogens with two attached hydrogens (primary N) is 1. The van der Waals surface area contributed by atoms with E-state index >= 15 is 0 Å². The Balaban J connectivity index is 1.36. The Morgan fingerprint density at radius 2 is 2.19 bits per heavy atom. The van der Waals surface area contributed by atoms with Crippen molar-refractivity contribution in [3.05, 3.63) is 53.3 Å². The van der Waals surface area contributed by atoms with Gasteiger partial charge in [0.25, 0.3) is 0 Å². The molecule has 27 heavy (non-hydrogen) atoms. The molecule has 0 saturated carbocycles. The monoisotopic (exact) mass is 370 g/mol. The average molecular weight is 370 g/mol. The van der Waals surface area contributed by atoms with Gasteiger partial charge in [-0.25, -0.2) is 9.37 Å². The molecule has 1 saturated heterocycles. The summed E-state index contributed by atoms with van der Waals surface area (Å²) in [7, 11) is 0.872. The average Bonchev–Trinajstić information content (AvgIpc) is 3.04. The third-order valence-corrected chi connectivity index (χ3v) is 4.88. The summed E-state index contributed by atoms with van der Waals surface area (Å²) in [6.07, 6.45) is 1.00. The van der Waals surface area contributed by atoms with Gasteiger partial charge in [-0.2, -0.15) is 0 Å². The standard InChI is InChI=1S/C20H28BFN4O/c1-14-9-19(26-20(23)10-14)21-17-12-25-13-18(17)27-8-7-24-6-5-15-3-2-4-16(22)11-15/h2-4,9-11,17-18,21,24-25H,5-8,12-13H2,1H3,(H2,23,26)/t17-,18+/m1/s1. The molecule has 144 valence electrons. The van der Waals surface area contributed by atoms with Gasteiger partial charge in [0.05, 0.1) is 12.7 Å². The zero-order valence-corrected chi connectivity index (χ0v) is 15.9. The van der Waals surface area contributed by atoms with Crippen LogP contribution in [0.4, 0.5) is 10.2 Å². The maximum absolute atomic E-state index is 13.1. The van der Waals surface area contributed by atoms with Gasteiger partial charge in [-0.05, 0) is 67.6 Å². The molecule has 3 rings (SSSR count). The molecule has 0 aliphatic carbocycles. The maximum Gasteiger partial charge on any atom is 0.189 e. The van der Waals surface area contributed by atoms with Crippen LogP contribution in [0.5, 0.6) is 0 Å². The molecule has 0 radical (unpaired) electrons. The number of benzene rings is 1. The molecule has 2 heterocycles. The van der Waals surface area contributed by atoms with E-state index in [4.69, 9.17) is 10.5 Å². The zero-order valence-electron chi connectivity index (χ0n) is 15.9. The number of anilines is 1. The minimum absolute atomic E-state index is 0.180. The summed E-state index contributed by atoms with van der Waals surface area (Å²) in [6, 6.07) is 10.7. The van der Waals surface area contributed by atoms with Crippen molar-refractivity contribution in [2.45, 2.75) is 25.3 Å². The number of hydrogen-bond acceptors (Lipinski definition) is 5. The van der Waals surface area contributed by atoms with E-state index < -0.39 is 0 Å². The first-order chi connectivity index (χ1) is 13.1. The van der Waals surface area contributed by atoms with E-state index in [-0.39, 0.29) is 11.9 Å². The van der Waals surface area contributed by atoms with Crippen molar-refractivity contribution in [3.63, 3.8) is 0 Å². The number of rotatable bonds is 9. The molecular formula is C20H28BFN4O. The van der Waals surface area contributed by atoms with Crippen LogP contribution in [0.1, 0.15) is 11.1 Å². The van der Waals surface area contributed by atoms with E-state index in [0.29, 0.717) is 18.2 Å². The minimum Gasteiger partial charge on any atom is -0.384 e. The molecule has 1 aromatic heterocycles. The normalized spacial score (nSPS) is 19.3. The van der Waals surface area contributed by atoms with Crippen LogP contribution in [0.25, 0.3) is 0 Å². The van der Waals surface area contributed by atoms with E-state index in [1.54, 1.807) is 12.1 Å². The second kappa shape index (κ2) is 9.83. The van der Waals surface area contributed by atoms with Gasteiger partial charge in [-0.3, -0.25) is 0 Å². The van der Waals surface area contributed by atoms with E-state index in [1.165, 1.54) is 6.07 Å². The lowest BCUT2D eigenvalue weighted by Gasteiger charge is -2.18. The van der Waals surface area contributed by atoms with Crippen LogP contribution in [0.3, 0.4) is 0 Å². The molecule has 0 unspecified atom stereocenters. The first kappa shape index (κ1) is 19.8. The summed E-state index contributed by atoms with van der Waals surface area (Å²) in [5.41, 5.74) is 9.04. The number of ether oxygens (including phenoxy) is 1. The number of halogens is 1. The first-order valence-electron chi connectivity index (χ1n) is 9.60. The highest BCUT2D eigenvalue weighted by atomic mass is 19.1. The topological polar surface area (TPSA) is 72.2 Å². The lowest BCUT2D eigenvalue weighted by atomic mass is 9.60. The molecule has 0 bridgehead atoms. The van der Waals surface area contributed by atoms with Crippen molar-refractivity contribution in [2.75, 3.05) is 38.5 Å². The number of nitrogen functional groups attached to an aromatic ring is 1. The second-order valence-corrected chi connectivity index (χ2v) is 7.22. The predicted molar refractivity (Wildman–Crippen MR) is 110 cm³/mol. The fourth-order valence-corrected chi connectivity index (χ4v) is 3.58. The number of pyridine rings is 1. The Kier molecular flexibility index (Phi) is 7.21. The molecule has 1 aliphatic heterocycles. The maximum atomic E-state index is 13.1. The highest BCUT2D eigenvalue weighted by Gasteiger charge is 2.29. The molecule has 0 amide bonds. The zero-order chi connectivity index (χ0) is 19.1. The number of nitrogens with one attached hydrogen (secondary N) is 2. The van der Waals surface area contributed by atoms with Crippen molar-refractivity contribution in [2.24, 2.45) is 0 Å². The van der Waals surface area contributed by atoms with Crippen molar-refractivity contribution < 1.29 is 9.13 Å². The lowest BCUT2D eigenvalue weighted by molar-refractivity contribution is 0.0694. The fourth-order valence-electron chi connectivity index (χ4n) is 3.58. The van der Waals surface area contributed by atoms with Crippen LogP contribution >= 0.6 is 0 Å². The molecule has 1 fully saturated rings. The summed E-state index contributed by atoms with van der Waals surface area (Å²) >= 11 is 0. The van der Waals surface area contributed by atoms with E-state index in [1.807, 2.05) is 19.1 Å². The van der Waals surface area contributed by atoms with Crippen LogP contribution in [0, 0.1) is 12.7 Å². The molecule has 2 aromatic rings.